The first kappa shape index (κ1) is 26.1. The summed E-state index contributed by atoms with van der Waals surface area (Å²) in [6.07, 6.45) is 6.81. The molecular weight excluding hydrogens is 496 g/mol. The Hall–Kier alpha value is -4.54. The van der Waals surface area contributed by atoms with Crippen LogP contribution in [0.1, 0.15) is 38.9 Å². The van der Waals surface area contributed by atoms with Crippen molar-refractivity contribution in [2.45, 2.75) is 38.8 Å². The maximum Gasteiger partial charge on any atom is 0.410 e. The predicted molar refractivity (Wildman–Crippen MR) is 152 cm³/mol. The molecule has 2 N–H and O–H groups in total. The summed E-state index contributed by atoms with van der Waals surface area (Å²) in [6.45, 7) is 6.40. The second-order valence-corrected chi connectivity index (χ2v) is 10.6. The van der Waals surface area contributed by atoms with Crippen molar-refractivity contribution in [1.29, 1.82) is 0 Å². The molecule has 0 aromatic carbocycles. The highest BCUT2D eigenvalue weighted by molar-refractivity contribution is 6.08. The van der Waals surface area contributed by atoms with Gasteiger partial charge in [-0.3, -0.25) is 24.1 Å². The van der Waals surface area contributed by atoms with Gasteiger partial charge in [0, 0.05) is 56.9 Å². The second kappa shape index (κ2) is 9.97. The number of hydrogen-bond acceptors (Lipinski definition) is 8. The molecule has 202 valence electrons. The van der Waals surface area contributed by atoms with E-state index in [2.05, 4.69) is 15.0 Å². The van der Waals surface area contributed by atoms with Gasteiger partial charge in [0.05, 0.1) is 40.2 Å². The molecule has 0 bridgehead atoms. The standard InChI is InChI=1S/C28H32N8O3/c1-28(2,3)39-27(38)35-11-10-19(16-35)36-25-23(34(5)26(36)37)15-32-22-9-8-21(33-24(22)25)17-6-7-20(31-14-17)18(12-29)13-30-4/h6-9,12-15,19H,10-11,16,29H2,1-5H3. The minimum atomic E-state index is -0.591. The van der Waals surface area contributed by atoms with Crippen LogP contribution in [0.4, 0.5) is 4.79 Å². The number of imidazole rings is 1. The van der Waals surface area contributed by atoms with Gasteiger partial charge in [-0.05, 0) is 51.5 Å². The van der Waals surface area contributed by atoms with Gasteiger partial charge in [0.25, 0.3) is 0 Å². The molecule has 1 unspecified atom stereocenters. The zero-order valence-electron chi connectivity index (χ0n) is 22.8. The Morgan fingerprint density at radius 1 is 1.18 bits per heavy atom. The van der Waals surface area contributed by atoms with Gasteiger partial charge in [-0.1, -0.05) is 0 Å². The number of aryl methyl sites for hydroxylation is 1. The van der Waals surface area contributed by atoms with E-state index in [4.69, 9.17) is 15.5 Å². The molecule has 5 rings (SSSR count). The topological polar surface area (TPSA) is 134 Å². The van der Waals surface area contributed by atoms with Crippen molar-refractivity contribution in [1.82, 2.24) is 29.0 Å². The van der Waals surface area contributed by atoms with E-state index in [0.29, 0.717) is 58.5 Å². The van der Waals surface area contributed by atoms with Crippen molar-refractivity contribution >= 4 is 39.9 Å². The van der Waals surface area contributed by atoms with Crippen molar-refractivity contribution in [2.24, 2.45) is 17.8 Å². The normalized spacial score (nSPS) is 16.6. The van der Waals surface area contributed by atoms with Crippen LogP contribution in [0.25, 0.3) is 38.9 Å². The quantitative estimate of drug-likeness (QED) is 0.401. The Labute approximate surface area is 225 Å². The molecule has 0 saturated carbocycles. The number of fused-ring (bicyclic) bond motifs is 3. The van der Waals surface area contributed by atoms with Crippen molar-refractivity contribution in [3.8, 4) is 11.3 Å². The fraction of sp³-hybridized carbons (Fsp3) is 0.357. The van der Waals surface area contributed by atoms with Crippen LogP contribution in [-0.4, -0.2) is 67.0 Å². The summed E-state index contributed by atoms with van der Waals surface area (Å²) in [5.74, 6) is 0. The number of aromatic nitrogens is 5. The summed E-state index contributed by atoms with van der Waals surface area (Å²) < 4.78 is 8.89. The van der Waals surface area contributed by atoms with Crippen LogP contribution in [0.3, 0.4) is 0 Å². The number of carbonyl (C=O) groups excluding carboxylic acids is 1. The zero-order valence-corrected chi connectivity index (χ0v) is 22.8. The summed E-state index contributed by atoms with van der Waals surface area (Å²) in [5, 5.41) is 0. The molecule has 1 aliphatic rings. The maximum absolute atomic E-state index is 13.5. The largest absolute Gasteiger partial charge is 0.444 e. The number of aliphatic imine (C=N–C) groups is 1. The molecule has 39 heavy (non-hydrogen) atoms. The first-order valence-corrected chi connectivity index (χ1v) is 12.8. The predicted octanol–water partition coefficient (Wildman–Crippen LogP) is 3.53. The van der Waals surface area contributed by atoms with Crippen LogP contribution in [0, 0.1) is 0 Å². The van der Waals surface area contributed by atoms with E-state index < -0.39 is 5.60 Å². The third kappa shape index (κ3) is 4.87. The van der Waals surface area contributed by atoms with Gasteiger partial charge in [0.1, 0.15) is 11.1 Å². The fourth-order valence-corrected chi connectivity index (χ4v) is 4.88. The number of rotatable bonds is 4. The minimum Gasteiger partial charge on any atom is -0.444 e. The van der Waals surface area contributed by atoms with Crippen molar-refractivity contribution in [3.05, 3.63) is 59.0 Å². The van der Waals surface area contributed by atoms with Gasteiger partial charge in [-0.25, -0.2) is 14.6 Å². The van der Waals surface area contributed by atoms with Crippen LogP contribution < -0.4 is 11.4 Å². The number of allylic oxidation sites excluding steroid dienone is 1. The van der Waals surface area contributed by atoms with Gasteiger partial charge >= 0.3 is 11.8 Å². The maximum atomic E-state index is 13.5. The SMILES string of the molecule is CN=CC(=CN)c1ccc(-c2ccc3ncc4c(c3n2)n(C2CCN(C(=O)OC(C)(C)C)C2)c(=O)n4C)cn1. The lowest BCUT2D eigenvalue weighted by molar-refractivity contribution is 0.0289. The molecule has 1 amide bonds. The first-order chi connectivity index (χ1) is 18.6. The van der Waals surface area contributed by atoms with Gasteiger partial charge in [-0.2, -0.15) is 0 Å². The molecule has 1 aliphatic heterocycles. The zero-order chi connectivity index (χ0) is 27.9. The average Bonchev–Trinajstić information content (AvgIpc) is 3.49. The van der Waals surface area contributed by atoms with Gasteiger partial charge in [0.2, 0.25) is 0 Å². The van der Waals surface area contributed by atoms with E-state index in [1.165, 1.54) is 6.20 Å². The van der Waals surface area contributed by atoms with Gasteiger partial charge in [0.15, 0.2) is 0 Å². The smallest absolute Gasteiger partial charge is 0.410 e. The number of hydrogen-bond donors (Lipinski definition) is 1. The molecule has 11 heteroatoms. The van der Waals surface area contributed by atoms with Crippen LogP contribution in [0.15, 0.2) is 52.6 Å². The Balaban J connectivity index is 1.57. The van der Waals surface area contributed by atoms with Gasteiger partial charge in [-0.15, -0.1) is 0 Å². The number of ether oxygens (including phenoxy) is 1. The van der Waals surface area contributed by atoms with Crippen molar-refractivity contribution in [2.75, 3.05) is 20.1 Å². The Bertz CT molecular complexity index is 1680. The van der Waals surface area contributed by atoms with E-state index in [0.717, 1.165) is 5.56 Å². The Morgan fingerprint density at radius 3 is 2.64 bits per heavy atom. The van der Waals surface area contributed by atoms with Crippen LogP contribution >= 0.6 is 0 Å². The second-order valence-electron chi connectivity index (χ2n) is 10.6. The molecule has 4 aromatic heterocycles. The number of pyridine rings is 3. The van der Waals surface area contributed by atoms with E-state index in [1.807, 2.05) is 45.0 Å². The highest BCUT2D eigenvalue weighted by atomic mass is 16.6. The molecule has 4 aromatic rings. The van der Waals surface area contributed by atoms with Crippen molar-refractivity contribution in [3.63, 3.8) is 0 Å². The molecular formula is C28H32N8O3. The Kier molecular flexibility index (Phi) is 6.67. The van der Waals surface area contributed by atoms with E-state index in [1.54, 1.807) is 46.7 Å². The number of carbonyl (C=O) groups is 1. The van der Waals surface area contributed by atoms with E-state index >= 15 is 0 Å². The average molecular weight is 529 g/mol. The van der Waals surface area contributed by atoms with Crippen molar-refractivity contribution < 1.29 is 9.53 Å². The summed E-state index contributed by atoms with van der Waals surface area (Å²) in [7, 11) is 3.40. The number of likely N-dealkylation sites (tertiary alicyclic amines) is 1. The summed E-state index contributed by atoms with van der Waals surface area (Å²) >= 11 is 0. The number of nitrogens with two attached hydrogens (primary N) is 1. The molecule has 0 spiro atoms. The van der Waals surface area contributed by atoms with Crippen LogP contribution in [0.5, 0.6) is 0 Å². The highest BCUT2D eigenvalue weighted by Gasteiger charge is 2.33. The Morgan fingerprint density at radius 2 is 1.97 bits per heavy atom. The van der Waals surface area contributed by atoms with Gasteiger partial charge < -0.3 is 15.4 Å². The third-order valence-electron chi connectivity index (χ3n) is 6.75. The molecule has 11 nitrogen and oxygen atoms in total. The third-order valence-corrected chi connectivity index (χ3v) is 6.75. The molecule has 1 saturated heterocycles. The number of nitrogens with zero attached hydrogens (tertiary/aromatic N) is 7. The molecule has 5 heterocycles. The lowest BCUT2D eigenvalue weighted by Crippen LogP contribution is -2.36. The minimum absolute atomic E-state index is 0.174. The monoisotopic (exact) mass is 528 g/mol. The lowest BCUT2D eigenvalue weighted by Gasteiger charge is -2.24. The summed E-state index contributed by atoms with van der Waals surface area (Å²) in [5.41, 5.74) is 10.5. The molecule has 1 fully saturated rings. The van der Waals surface area contributed by atoms with E-state index in [-0.39, 0.29) is 17.8 Å². The van der Waals surface area contributed by atoms with Crippen LogP contribution in [-0.2, 0) is 11.8 Å². The first-order valence-electron chi connectivity index (χ1n) is 12.8. The number of amides is 1. The fourth-order valence-electron chi connectivity index (χ4n) is 4.88. The molecule has 0 radical (unpaired) electrons. The van der Waals surface area contributed by atoms with E-state index in [9.17, 15) is 9.59 Å². The summed E-state index contributed by atoms with van der Waals surface area (Å²) in [6, 6.07) is 7.35. The highest BCUT2D eigenvalue weighted by Crippen LogP contribution is 2.30. The molecule has 1 atom stereocenters. The summed E-state index contributed by atoms with van der Waals surface area (Å²) in [4.78, 5) is 45.9. The van der Waals surface area contributed by atoms with Crippen LogP contribution in [0.2, 0.25) is 0 Å². The molecule has 0 aliphatic carbocycles. The lowest BCUT2D eigenvalue weighted by atomic mass is 10.1.